The van der Waals surface area contributed by atoms with E-state index in [4.69, 9.17) is 4.74 Å². The molecular weight excluding hydrogens is 384 g/mol. The summed E-state index contributed by atoms with van der Waals surface area (Å²) >= 11 is 0. The average molecular weight is 417 g/mol. The summed E-state index contributed by atoms with van der Waals surface area (Å²) in [5, 5.41) is 2.86. The van der Waals surface area contributed by atoms with Crippen molar-refractivity contribution in [2.45, 2.75) is 38.1 Å². The zero-order chi connectivity index (χ0) is 21.6. The summed E-state index contributed by atoms with van der Waals surface area (Å²) in [4.78, 5) is 43.6. The van der Waals surface area contributed by atoms with Crippen molar-refractivity contribution in [1.82, 2.24) is 15.1 Å². The number of rotatable bonds is 8. The van der Waals surface area contributed by atoms with E-state index in [1.165, 1.54) is 0 Å². The number of hydrogen-bond donors (Lipinski definition) is 1. The second-order valence-electron chi connectivity index (χ2n) is 7.87. The molecule has 8 nitrogen and oxygen atoms in total. The second-order valence-corrected chi connectivity index (χ2v) is 7.87. The van der Waals surface area contributed by atoms with Crippen molar-refractivity contribution in [2.75, 3.05) is 51.5 Å². The molecule has 1 spiro atoms. The Balaban J connectivity index is 1.74. The number of anilines is 1. The van der Waals surface area contributed by atoms with Crippen LogP contribution in [0.4, 0.5) is 5.69 Å². The number of ether oxygens (including phenoxy) is 1. The summed E-state index contributed by atoms with van der Waals surface area (Å²) in [6.45, 7) is 4.48. The van der Waals surface area contributed by atoms with Crippen molar-refractivity contribution in [1.29, 1.82) is 0 Å². The first kappa shape index (κ1) is 22.1. The molecule has 2 fully saturated rings. The van der Waals surface area contributed by atoms with E-state index in [0.717, 1.165) is 12.1 Å². The van der Waals surface area contributed by atoms with Gasteiger partial charge < -0.3 is 24.8 Å². The zero-order valence-corrected chi connectivity index (χ0v) is 17.9. The third-order valence-corrected chi connectivity index (χ3v) is 6.01. The van der Waals surface area contributed by atoms with Crippen LogP contribution in [0.15, 0.2) is 30.3 Å². The van der Waals surface area contributed by atoms with Gasteiger partial charge in [-0.2, -0.15) is 0 Å². The molecule has 0 saturated carbocycles. The SMILES string of the molecule is CCC(=O)N1CCC2(CC1)C(=O)N(CC(=O)NCCCOC)CN2c1ccccc1. The molecule has 0 atom stereocenters. The molecule has 1 aromatic rings. The van der Waals surface area contributed by atoms with Crippen molar-refractivity contribution in [3.05, 3.63) is 30.3 Å². The van der Waals surface area contributed by atoms with Gasteiger partial charge in [-0.1, -0.05) is 25.1 Å². The Bertz CT molecular complexity index is 747. The Morgan fingerprint density at radius 2 is 1.87 bits per heavy atom. The zero-order valence-electron chi connectivity index (χ0n) is 17.9. The Kier molecular flexibility index (Phi) is 7.31. The third kappa shape index (κ3) is 4.59. The molecule has 3 amide bonds. The molecule has 0 bridgehead atoms. The Morgan fingerprint density at radius 1 is 1.17 bits per heavy atom. The fourth-order valence-electron chi connectivity index (χ4n) is 4.35. The van der Waals surface area contributed by atoms with Crippen LogP contribution in [0.25, 0.3) is 0 Å². The van der Waals surface area contributed by atoms with Crippen LogP contribution < -0.4 is 10.2 Å². The van der Waals surface area contributed by atoms with Gasteiger partial charge in [0.25, 0.3) is 5.91 Å². The highest BCUT2D eigenvalue weighted by molar-refractivity contribution is 5.96. The van der Waals surface area contributed by atoms with Gasteiger partial charge in [-0.25, -0.2) is 0 Å². The predicted molar refractivity (Wildman–Crippen MR) is 114 cm³/mol. The van der Waals surface area contributed by atoms with Crippen molar-refractivity contribution >= 4 is 23.4 Å². The van der Waals surface area contributed by atoms with Crippen molar-refractivity contribution in [3.8, 4) is 0 Å². The number of carbonyl (C=O) groups excluding carboxylic acids is 3. The lowest BCUT2D eigenvalue weighted by Crippen LogP contribution is -2.57. The van der Waals surface area contributed by atoms with Gasteiger partial charge in [-0.05, 0) is 31.4 Å². The minimum Gasteiger partial charge on any atom is -0.385 e. The van der Waals surface area contributed by atoms with Crippen LogP contribution in [0.1, 0.15) is 32.6 Å². The third-order valence-electron chi connectivity index (χ3n) is 6.01. The summed E-state index contributed by atoms with van der Waals surface area (Å²) in [6.07, 6.45) is 2.34. The van der Waals surface area contributed by atoms with Crippen LogP contribution in [0, 0.1) is 0 Å². The molecule has 8 heteroatoms. The van der Waals surface area contributed by atoms with Gasteiger partial charge in [-0.3, -0.25) is 14.4 Å². The molecule has 164 valence electrons. The molecule has 0 radical (unpaired) electrons. The van der Waals surface area contributed by atoms with Gasteiger partial charge in [0.1, 0.15) is 12.1 Å². The largest absolute Gasteiger partial charge is 0.385 e. The predicted octanol–water partition coefficient (Wildman–Crippen LogP) is 1.22. The summed E-state index contributed by atoms with van der Waals surface area (Å²) in [5.41, 5.74) is 0.256. The number of likely N-dealkylation sites (tertiary alicyclic amines) is 1. The lowest BCUT2D eigenvalue weighted by molar-refractivity contribution is -0.139. The number of benzene rings is 1. The summed E-state index contributed by atoms with van der Waals surface area (Å²) in [5.74, 6) is -0.0704. The van der Waals surface area contributed by atoms with E-state index >= 15 is 0 Å². The van der Waals surface area contributed by atoms with Crippen LogP contribution in [-0.2, 0) is 19.1 Å². The van der Waals surface area contributed by atoms with E-state index in [0.29, 0.717) is 52.2 Å². The Labute approximate surface area is 178 Å². The Hall–Kier alpha value is -2.61. The normalized spacial score (nSPS) is 18.2. The maximum atomic E-state index is 13.5. The molecule has 0 aromatic heterocycles. The smallest absolute Gasteiger partial charge is 0.250 e. The van der Waals surface area contributed by atoms with Crippen molar-refractivity contribution in [3.63, 3.8) is 0 Å². The minimum atomic E-state index is -0.706. The summed E-state index contributed by atoms with van der Waals surface area (Å²) in [7, 11) is 1.63. The van der Waals surface area contributed by atoms with E-state index in [1.54, 1.807) is 12.0 Å². The number of carbonyl (C=O) groups is 3. The second kappa shape index (κ2) is 9.93. The minimum absolute atomic E-state index is 0.0259. The first-order chi connectivity index (χ1) is 14.5. The van der Waals surface area contributed by atoms with Crippen LogP contribution >= 0.6 is 0 Å². The van der Waals surface area contributed by atoms with E-state index < -0.39 is 5.54 Å². The number of nitrogens with one attached hydrogen (secondary N) is 1. The lowest BCUT2D eigenvalue weighted by Gasteiger charge is -2.43. The molecular formula is C22H32N4O4. The fourth-order valence-corrected chi connectivity index (χ4v) is 4.35. The maximum absolute atomic E-state index is 13.5. The van der Waals surface area contributed by atoms with Gasteiger partial charge in [0.2, 0.25) is 11.8 Å². The van der Waals surface area contributed by atoms with E-state index in [9.17, 15) is 14.4 Å². The van der Waals surface area contributed by atoms with Crippen LogP contribution in [0.3, 0.4) is 0 Å². The number of para-hydroxylation sites is 1. The van der Waals surface area contributed by atoms with E-state index in [2.05, 4.69) is 10.2 Å². The van der Waals surface area contributed by atoms with Gasteiger partial charge >= 0.3 is 0 Å². The van der Waals surface area contributed by atoms with E-state index in [1.807, 2.05) is 42.2 Å². The number of nitrogens with zero attached hydrogens (tertiary/aromatic N) is 3. The molecule has 2 saturated heterocycles. The highest BCUT2D eigenvalue weighted by Gasteiger charge is 2.54. The van der Waals surface area contributed by atoms with Gasteiger partial charge in [0.05, 0.1) is 6.67 Å². The molecule has 1 aromatic carbocycles. The van der Waals surface area contributed by atoms with Crippen LogP contribution in [0.5, 0.6) is 0 Å². The lowest BCUT2D eigenvalue weighted by atomic mass is 9.85. The quantitative estimate of drug-likeness (QED) is 0.645. The highest BCUT2D eigenvalue weighted by Crippen LogP contribution is 2.39. The summed E-state index contributed by atoms with van der Waals surface area (Å²) < 4.78 is 5.00. The molecule has 0 aliphatic carbocycles. The molecule has 30 heavy (non-hydrogen) atoms. The monoisotopic (exact) mass is 416 g/mol. The van der Waals surface area contributed by atoms with Gasteiger partial charge in [0, 0.05) is 45.5 Å². The molecule has 3 rings (SSSR count). The number of methoxy groups -OCH3 is 1. The first-order valence-corrected chi connectivity index (χ1v) is 10.7. The first-order valence-electron chi connectivity index (χ1n) is 10.7. The van der Waals surface area contributed by atoms with E-state index in [-0.39, 0.29) is 24.3 Å². The fraction of sp³-hybridized carbons (Fsp3) is 0.591. The topological polar surface area (TPSA) is 82.2 Å². The molecule has 2 heterocycles. The molecule has 0 unspecified atom stereocenters. The maximum Gasteiger partial charge on any atom is 0.250 e. The number of hydrogen-bond acceptors (Lipinski definition) is 5. The van der Waals surface area contributed by atoms with Crippen LogP contribution in [-0.4, -0.2) is 79.6 Å². The molecule has 1 N–H and O–H groups in total. The van der Waals surface area contributed by atoms with Gasteiger partial charge in [-0.15, -0.1) is 0 Å². The van der Waals surface area contributed by atoms with Crippen molar-refractivity contribution < 1.29 is 19.1 Å². The molecule has 2 aliphatic rings. The van der Waals surface area contributed by atoms with Crippen LogP contribution in [0.2, 0.25) is 0 Å². The van der Waals surface area contributed by atoms with Crippen molar-refractivity contribution in [2.24, 2.45) is 0 Å². The molecule has 2 aliphatic heterocycles. The Morgan fingerprint density at radius 3 is 2.50 bits per heavy atom. The number of amides is 3. The average Bonchev–Trinajstić information content (AvgIpc) is 3.03. The summed E-state index contributed by atoms with van der Waals surface area (Å²) in [6, 6.07) is 9.84. The number of piperidine rings is 1. The standard InChI is InChI=1S/C22H32N4O4/c1-3-20(28)24-13-10-22(11-14-24)21(29)25(16-19(27)23-12-7-15-30-2)17-26(22)18-8-5-4-6-9-18/h4-6,8-9H,3,7,10-17H2,1-2H3,(H,23,27). The van der Waals surface area contributed by atoms with Gasteiger partial charge in [0.15, 0.2) is 0 Å². The highest BCUT2D eigenvalue weighted by atomic mass is 16.5.